The second kappa shape index (κ2) is 5.83. The quantitative estimate of drug-likeness (QED) is 0.720. The van der Waals surface area contributed by atoms with E-state index in [0.717, 1.165) is 0 Å². The summed E-state index contributed by atoms with van der Waals surface area (Å²) < 4.78 is 26.0. The third kappa shape index (κ3) is 2.50. The maximum absolute atomic E-state index is 15.0. The van der Waals surface area contributed by atoms with Crippen molar-refractivity contribution in [1.29, 1.82) is 0 Å². The average molecular weight is 328 g/mol. The van der Waals surface area contributed by atoms with Crippen LogP contribution in [0.1, 0.15) is 13.8 Å². The molecule has 0 aliphatic carbocycles. The van der Waals surface area contributed by atoms with Crippen molar-refractivity contribution in [1.82, 2.24) is 15.1 Å². The first-order chi connectivity index (χ1) is 11.6. The molecule has 4 rings (SSSR count). The summed E-state index contributed by atoms with van der Waals surface area (Å²) >= 11 is 0. The summed E-state index contributed by atoms with van der Waals surface area (Å²) in [5.41, 5.74) is 1.77. The first-order valence-corrected chi connectivity index (χ1v) is 7.88. The van der Waals surface area contributed by atoms with Gasteiger partial charge in [0.15, 0.2) is 5.82 Å². The number of anilines is 1. The molecular weight excluding hydrogens is 311 g/mol. The molecule has 1 aliphatic rings. The lowest BCUT2D eigenvalue weighted by molar-refractivity contribution is -0.00539. The Morgan fingerprint density at radius 3 is 2.67 bits per heavy atom. The Morgan fingerprint density at radius 2 is 1.96 bits per heavy atom. The summed E-state index contributed by atoms with van der Waals surface area (Å²) in [6.07, 6.45) is 3.14. The molecule has 1 fully saturated rings. The number of halogens is 1. The molecule has 0 spiro atoms. The number of benzene rings is 1. The van der Waals surface area contributed by atoms with E-state index in [-0.39, 0.29) is 17.8 Å². The van der Waals surface area contributed by atoms with Gasteiger partial charge in [0.25, 0.3) is 0 Å². The van der Waals surface area contributed by atoms with E-state index in [0.29, 0.717) is 35.6 Å². The second-order valence-electron chi connectivity index (χ2n) is 6.06. The molecule has 1 aromatic carbocycles. The fraction of sp³-hybridized carbons (Fsp3) is 0.353. The Balaban J connectivity index is 1.77. The van der Waals surface area contributed by atoms with Gasteiger partial charge in [0.2, 0.25) is 5.58 Å². The summed E-state index contributed by atoms with van der Waals surface area (Å²) in [5.74, 6) is -0.401. The molecule has 1 aliphatic heterocycles. The lowest BCUT2D eigenvalue weighted by Gasteiger charge is -2.36. The summed E-state index contributed by atoms with van der Waals surface area (Å²) in [6.45, 7) is 5.25. The van der Waals surface area contributed by atoms with Crippen molar-refractivity contribution < 1.29 is 13.7 Å². The standard InChI is InChI=1S/C17H17FN4O2/c1-10-7-22(8-11(2)23-10)14-4-3-12-16(13-5-6-19-9-20-13)21-24-17(12)15(14)18/h3-6,9-11H,7-8H2,1-2H3/t10-,11+. The van der Waals surface area contributed by atoms with Gasteiger partial charge in [0, 0.05) is 19.3 Å². The number of fused-ring (bicyclic) bond motifs is 1. The minimum absolute atomic E-state index is 0.0511. The summed E-state index contributed by atoms with van der Waals surface area (Å²) in [5, 5.41) is 4.60. The highest BCUT2D eigenvalue weighted by atomic mass is 19.1. The average Bonchev–Trinajstić information content (AvgIpc) is 3.00. The lowest BCUT2D eigenvalue weighted by Crippen LogP contribution is -2.45. The van der Waals surface area contributed by atoms with Gasteiger partial charge in [-0.2, -0.15) is 0 Å². The van der Waals surface area contributed by atoms with E-state index in [1.54, 1.807) is 18.3 Å². The zero-order chi connectivity index (χ0) is 16.7. The molecule has 7 heteroatoms. The topological polar surface area (TPSA) is 64.3 Å². The van der Waals surface area contributed by atoms with Gasteiger partial charge in [-0.25, -0.2) is 14.4 Å². The van der Waals surface area contributed by atoms with Crippen LogP contribution in [-0.2, 0) is 4.74 Å². The van der Waals surface area contributed by atoms with Crippen LogP contribution in [0.25, 0.3) is 22.4 Å². The molecule has 2 atom stereocenters. The highest BCUT2D eigenvalue weighted by Gasteiger charge is 2.26. The van der Waals surface area contributed by atoms with Crippen LogP contribution in [-0.4, -0.2) is 40.4 Å². The number of ether oxygens (including phenoxy) is 1. The number of aromatic nitrogens is 3. The van der Waals surface area contributed by atoms with Crippen molar-refractivity contribution in [3.63, 3.8) is 0 Å². The lowest BCUT2D eigenvalue weighted by atomic mass is 10.1. The highest BCUT2D eigenvalue weighted by Crippen LogP contribution is 2.33. The van der Waals surface area contributed by atoms with Gasteiger partial charge in [-0.1, -0.05) is 5.16 Å². The third-order valence-corrected chi connectivity index (χ3v) is 4.14. The monoisotopic (exact) mass is 328 g/mol. The molecule has 24 heavy (non-hydrogen) atoms. The Labute approximate surface area is 138 Å². The second-order valence-corrected chi connectivity index (χ2v) is 6.06. The smallest absolute Gasteiger partial charge is 0.205 e. The van der Waals surface area contributed by atoms with Crippen LogP contribution in [0.2, 0.25) is 0 Å². The highest BCUT2D eigenvalue weighted by molar-refractivity contribution is 5.92. The van der Waals surface area contributed by atoms with E-state index in [9.17, 15) is 4.39 Å². The molecule has 0 amide bonds. The Hall–Kier alpha value is -2.54. The number of rotatable bonds is 2. The molecular formula is C17H17FN4O2. The SMILES string of the molecule is C[C@@H]1CN(c2ccc3c(-c4ccncn4)noc3c2F)C[C@H](C)O1. The third-order valence-electron chi connectivity index (χ3n) is 4.14. The van der Waals surface area contributed by atoms with E-state index in [1.807, 2.05) is 24.8 Å². The van der Waals surface area contributed by atoms with Gasteiger partial charge in [-0.15, -0.1) is 0 Å². The van der Waals surface area contributed by atoms with E-state index < -0.39 is 5.82 Å². The van der Waals surface area contributed by atoms with E-state index in [1.165, 1.54) is 6.33 Å². The minimum atomic E-state index is -0.401. The van der Waals surface area contributed by atoms with Gasteiger partial charge < -0.3 is 14.2 Å². The first kappa shape index (κ1) is 15.0. The fourth-order valence-corrected chi connectivity index (χ4v) is 3.20. The zero-order valence-electron chi connectivity index (χ0n) is 13.4. The number of nitrogens with zero attached hydrogens (tertiary/aromatic N) is 4. The van der Waals surface area contributed by atoms with Gasteiger partial charge >= 0.3 is 0 Å². The van der Waals surface area contributed by atoms with Crippen molar-refractivity contribution >= 4 is 16.7 Å². The molecule has 0 radical (unpaired) electrons. The normalized spacial score (nSPS) is 21.4. The van der Waals surface area contributed by atoms with Gasteiger partial charge in [0.1, 0.15) is 12.0 Å². The Bertz CT molecular complexity index is 858. The fourth-order valence-electron chi connectivity index (χ4n) is 3.20. The minimum Gasteiger partial charge on any atom is -0.372 e. The van der Waals surface area contributed by atoms with Crippen LogP contribution < -0.4 is 4.90 Å². The van der Waals surface area contributed by atoms with Crippen LogP contribution in [0, 0.1) is 5.82 Å². The van der Waals surface area contributed by atoms with Crippen molar-refractivity contribution in [2.24, 2.45) is 0 Å². The van der Waals surface area contributed by atoms with Crippen molar-refractivity contribution in [2.75, 3.05) is 18.0 Å². The van der Waals surface area contributed by atoms with Crippen molar-refractivity contribution in [3.05, 3.63) is 36.5 Å². The maximum atomic E-state index is 15.0. The Kier molecular flexibility index (Phi) is 3.65. The summed E-state index contributed by atoms with van der Waals surface area (Å²) in [7, 11) is 0. The molecule has 6 nitrogen and oxygen atoms in total. The van der Waals surface area contributed by atoms with Crippen LogP contribution in [0.15, 0.2) is 35.2 Å². The van der Waals surface area contributed by atoms with E-state index in [2.05, 4.69) is 15.1 Å². The van der Waals surface area contributed by atoms with Crippen molar-refractivity contribution in [3.8, 4) is 11.4 Å². The first-order valence-electron chi connectivity index (χ1n) is 7.88. The maximum Gasteiger partial charge on any atom is 0.205 e. The Morgan fingerprint density at radius 1 is 1.17 bits per heavy atom. The predicted octanol–water partition coefficient (Wildman–Crippen LogP) is 3.04. The van der Waals surface area contributed by atoms with E-state index >= 15 is 0 Å². The van der Waals surface area contributed by atoms with Crippen molar-refractivity contribution in [2.45, 2.75) is 26.1 Å². The van der Waals surface area contributed by atoms with Crippen LogP contribution in [0.4, 0.5) is 10.1 Å². The zero-order valence-corrected chi connectivity index (χ0v) is 13.4. The molecule has 0 saturated carbocycles. The van der Waals surface area contributed by atoms with Gasteiger partial charge in [-0.3, -0.25) is 0 Å². The molecule has 3 aromatic rings. The molecule has 0 bridgehead atoms. The number of hydrogen-bond donors (Lipinski definition) is 0. The number of morpholine rings is 1. The molecule has 1 saturated heterocycles. The summed E-state index contributed by atoms with van der Waals surface area (Å²) in [6, 6.07) is 5.31. The summed E-state index contributed by atoms with van der Waals surface area (Å²) in [4.78, 5) is 10.0. The van der Waals surface area contributed by atoms with Crippen LogP contribution in [0.3, 0.4) is 0 Å². The molecule has 3 heterocycles. The van der Waals surface area contributed by atoms with Gasteiger partial charge in [0.05, 0.1) is 29.0 Å². The van der Waals surface area contributed by atoms with Crippen LogP contribution >= 0.6 is 0 Å². The largest absolute Gasteiger partial charge is 0.372 e. The molecule has 0 unspecified atom stereocenters. The molecule has 2 aromatic heterocycles. The molecule has 124 valence electrons. The predicted molar refractivity (Wildman–Crippen MR) is 87.2 cm³/mol. The van der Waals surface area contributed by atoms with Gasteiger partial charge in [-0.05, 0) is 32.0 Å². The number of hydrogen-bond acceptors (Lipinski definition) is 6. The molecule has 0 N–H and O–H groups in total. The van der Waals surface area contributed by atoms with Crippen LogP contribution in [0.5, 0.6) is 0 Å². The van der Waals surface area contributed by atoms with E-state index in [4.69, 9.17) is 9.26 Å².